The maximum Gasteiger partial charge on any atom is 0.338 e. The topological polar surface area (TPSA) is 63.7 Å². The summed E-state index contributed by atoms with van der Waals surface area (Å²) in [6, 6.07) is 24.2. The molecular weight excluding hydrogens is 366 g/mol. The smallest absolute Gasteiger partial charge is 0.338 e. The van der Waals surface area contributed by atoms with E-state index in [2.05, 4.69) is 0 Å². The van der Waals surface area contributed by atoms with Crippen molar-refractivity contribution in [2.24, 2.45) is 0 Å². The fourth-order valence-corrected chi connectivity index (χ4v) is 2.84. The van der Waals surface area contributed by atoms with Crippen molar-refractivity contribution in [2.45, 2.75) is 13.0 Å². The molecule has 0 N–H and O–H groups in total. The molecule has 29 heavy (non-hydrogen) atoms. The Kier molecular flexibility index (Phi) is 6.19. The van der Waals surface area contributed by atoms with Crippen LogP contribution in [0.1, 0.15) is 33.2 Å². The second kappa shape index (κ2) is 8.97. The Labute approximate surface area is 169 Å². The lowest BCUT2D eigenvalue weighted by Crippen LogP contribution is -2.37. The number of para-hydroxylation sites is 1. The number of hydrogen-bond acceptors (Lipinski definition) is 4. The average Bonchev–Trinajstić information content (AvgIpc) is 2.78. The van der Waals surface area contributed by atoms with Gasteiger partial charge in [0.25, 0.3) is 5.91 Å². The van der Waals surface area contributed by atoms with Gasteiger partial charge < -0.3 is 9.64 Å². The largest absolute Gasteiger partial charge is 0.449 e. The fraction of sp³-hybridized carbons (Fsp3) is 0.125. The Hall–Kier alpha value is -3.73. The lowest BCUT2D eigenvalue weighted by molar-refractivity contribution is -0.126. The zero-order chi connectivity index (χ0) is 20.8. The first kappa shape index (κ1) is 20.0. The number of carbonyl (C=O) groups is 3. The Bertz CT molecular complexity index is 998. The third kappa shape index (κ3) is 4.76. The number of hydrogen-bond donors (Lipinski definition) is 0. The summed E-state index contributed by atoms with van der Waals surface area (Å²) in [4.78, 5) is 38.8. The Morgan fingerprint density at radius 2 is 1.21 bits per heavy atom. The minimum atomic E-state index is -0.946. The highest BCUT2D eigenvalue weighted by Crippen LogP contribution is 2.15. The predicted octanol–water partition coefficient (Wildman–Crippen LogP) is 4.13. The molecule has 3 aromatic rings. The molecule has 0 saturated heterocycles. The molecular formula is C24H21NO4. The third-order valence-electron chi connectivity index (χ3n) is 4.52. The van der Waals surface area contributed by atoms with Crippen LogP contribution in [-0.2, 0) is 9.53 Å². The van der Waals surface area contributed by atoms with E-state index in [4.69, 9.17) is 4.74 Å². The molecule has 0 fully saturated rings. The van der Waals surface area contributed by atoms with Gasteiger partial charge in [0.1, 0.15) is 0 Å². The fourth-order valence-electron chi connectivity index (χ4n) is 2.84. The molecule has 1 atom stereocenters. The SMILES string of the molecule is CC(OC(=O)c1ccc(C(=O)c2ccccc2)cc1)C(=O)N(C)c1ccccc1. The third-order valence-corrected chi connectivity index (χ3v) is 4.52. The minimum absolute atomic E-state index is 0.126. The summed E-state index contributed by atoms with van der Waals surface area (Å²) in [6.07, 6.45) is -0.946. The normalized spacial score (nSPS) is 11.4. The predicted molar refractivity (Wildman–Crippen MR) is 111 cm³/mol. The van der Waals surface area contributed by atoms with Gasteiger partial charge in [-0.3, -0.25) is 9.59 Å². The average molecular weight is 387 g/mol. The number of rotatable bonds is 6. The van der Waals surface area contributed by atoms with Gasteiger partial charge in [0.15, 0.2) is 11.9 Å². The molecule has 146 valence electrons. The molecule has 5 heteroatoms. The molecule has 0 radical (unpaired) electrons. The number of nitrogens with zero attached hydrogens (tertiary/aromatic N) is 1. The number of benzene rings is 3. The molecule has 0 heterocycles. The van der Waals surface area contributed by atoms with E-state index < -0.39 is 12.1 Å². The lowest BCUT2D eigenvalue weighted by atomic mass is 10.0. The van der Waals surface area contributed by atoms with Crippen molar-refractivity contribution < 1.29 is 19.1 Å². The molecule has 0 aromatic heterocycles. The van der Waals surface area contributed by atoms with Gasteiger partial charge in [-0.05, 0) is 31.2 Å². The number of ketones is 1. The van der Waals surface area contributed by atoms with Gasteiger partial charge in [0.2, 0.25) is 0 Å². The van der Waals surface area contributed by atoms with E-state index in [9.17, 15) is 14.4 Å². The van der Waals surface area contributed by atoms with E-state index in [-0.39, 0.29) is 17.3 Å². The van der Waals surface area contributed by atoms with Gasteiger partial charge in [-0.15, -0.1) is 0 Å². The van der Waals surface area contributed by atoms with Crippen LogP contribution in [0.4, 0.5) is 5.69 Å². The zero-order valence-electron chi connectivity index (χ0n) is 16.2. The van der Waals surface area contributed by atoms with Crippen molar-refractivity contribution in [1.29, 1.82) is 0 Å². The molecule has 0 saturated carbocycles. The lowest BCUT2D eigenvalue weighted by Gasteiger charge is -2.21. The van der Waals surface area contributed by atoms with E-state index in [1.807, 2.05) is 24.3 Å². The van der Waals surface area contributed by atoms with E-state index in [1.165, 1.54) is 24.0 Å². The zero-order valence-corrected chi connectivity index (χ0v) is 16.2. The Balaban J connectivity index is 1.64. The molecule has 1 amide bonds. The van der Waals surface area contributed by atoms with Crippen LogP contribution in [0.2, 0.25) is 0 Å². The van der Waals surface area contributed by atoms with Crippen molar-refractivity contribution >= 4 is 23.3 Å². The molecule has 0 spiro atoms. The molecule has 1 unspecified atom stereocenters. The van der Waals surface area contributed by atoms with Crippen LogP contribution in [0.5, 0.6) is 0 Å². The van der Waals surface area contributed by atoms with Crippen LogP contribution in [0.25, 0.3) is 0 Å². The summed E-state index contributed by atoms with van der Waals surface area (Å²) >= 11 is 0. The highest BCUT2D eigenvalue weighted by atomic mass is 16.5. The van der Waals surface area contributed by atoms with Crippen LogP contribution < -0.4 is 4.90 Å². The molecule has 3 aromatic carbocycles. The van der Waals surface area contributed by atoms with Crippen LogP contribution in [0, 0.1) is 0 Å². The molecule has 0 aliphatic rings. The molecule has 3 rings (SSSR count). The molecule has 5 nitrogen and oxygen atoms in total. The number of amides is 1. The van der Waals surface area contributed by atoms with Crippen molar-refractivity contribution in [2.75, 3.05) is 11.9 Å². The highest BCUT2D eigenvalue weighted by molar-refractivity contribution is 6.09. The van der Waals surface area contributed by atoms with Crippen LogP contribution in [0.3, 0.4) is 0 Å². The standard InChI is InChI=1S/C24H21NO4/c1-17(23(27)25(2)21-11-7-4-8-12-21)29-24(28)20-15-13-19(14-16-20)22(26)18-9-5-3-6-10-18/h3-17H,1-2H3. The summed E-state index contributed by atoms with van der Waals surface area (Å²) in [5.41, 5.74) is 2.03. The molecule has 0 aliphatic heterocycles. The number of anilines is 1. The van der Waals surface area contributed by atoms with Gasteiger partial charge in [-0.25, -0.2) is 4.79 Å². The van der Waals surface area contributed by atoms with Gasteiger partial charge in [-0.2, -0.15) is 0 Å². The second-order valence-electron chi connectivity index (χ2n) is 6.55. The van der Waals surface area contributed by atoms with Crippen molar-refractivity contribution in [3.05, 3.63) is 102 Å². The van der Waals surface area contributed by atoms with Gasteiger partial charge in [0, 0.05) is 23.9 Å². The van der Waals surface area contributed by atoms with Gasteiger partial charge in [0.05, 0.1) is 5.56 Å². The summed E-state index contributed by atoms with van der Waals surface area (Å²) in [5.74, 6) is -1.08. The van der Waals surface area contributed by atoms with E-state index in [0.29, 0.717) is 16.8 Å². The summed E-state index contributed by atoms with van der Waals surface area (Å²) in [5, 5.41) is 0. The van der Waals surface area contributed by atoms with Crippen LogP contribution in [0.15, 0.2) is 84.9 Å². The summed E-state index contributed by atoms with van der Waals surface area (Å²) < 4.78 is 5.31. The minimum Gasteiger partial charge on any atom is -0.449 e. The highest BCUT2D eigenvalue weighted by Gasteiger charge is 2.23. The van der Waals surface area contributed by atoms with E-state index in [0.717, 1.165) is 0 Å². The first-order valence-electron chi connectivity index (χ1n) is 9.21. The van der Waals surface area contributed by atoms with E-state index >= 15 is 0 Å². The Morgan fingerprint density at radius 1 is 0.724 bits per heavy atom. The molecule has 0 aliphatic carbocycles. The maximum atomic E-state index is 12.5. The monoisotopic (exact) mass is 387 g/mol. The maximum absolute atomic E-state index is 12.5. The number of carbonyl (C=O) groups excluding carboxylic acids is 3. The summed E-state index contributed by atoms with van der Waals surface area (Å²) in [6.45, 7) is 1.53. The number of likely N-dealkylation sites (N-methyl/N-ethyl adjacent to an activating group) is 1. The van der Waals surface area contributed by atoms with Gasteiger partial charge in [-0.1, -0.05) is 60.7 Å². The van der Waals surface area contributed by atoms with Crippen LogP contribution >= 0.6 is 0 Å². The quantitative estimate of drug-likeness (QED) is 0.471. The second-order valence-corrected chi connectivity index (χ2v) is 6.55. The van der Waals surface area contributed by atoms with Crippen LogP contribution in [-0.4, -0.2) is 30.8 Å². The first-order chi connectivity index (χ1) is 14.0. The number of esters is 1. The van der Waals surface area contributed by atoms with Crippen molar-refractivity contribution in [1.82, 2.24) is 0 Å². The van der Waals surface area contributed by atoms with Gasteiger partial charge >= 0.3 is 5.97 Å². The Morgan fingerprint density at radius 3 is 1.79 bits per heavy atom. The van der Waals surface area contributed by atoms with Crippen molar-refractivity contribution in [3.8, 4) is 0 Å². The van der Waals surface area contributed by atoms with E-state index in [1.54, 1.807) is 55.6 Å². The molecule has 0 bridgehead atoms. The summed E-state index contributed by atoms with van der Waals surface area (Å²) in [7, 11) is 1.63. The first-order valence-corrected chi connectivity index (χ1v) is 9.21. The van der Waals surface area contributed by atoms with Crippen molar-refractivity contribution in [3.63, 3.8) is 0 Å². The number of ether oxygens (including phenoxy) is 1.